The number of ether oxygens (including phenoxy) is 1. The van der Waals surface area contributed by atoms with Gasteiger partial charge in [0.2, 0.25) is 11.9 Å². The third-order valence-corrected chi connectivity index (χ3v) is 5.28. The number of benzene rings is 2. The average Bonchev–Trinajstić information content (AvgIpc) is 2.90. The van der Waals surface area contributed by atoms with E-state index in [1.807, 2.05) is 24.3 Å². The van der Waals surface area contributed by atoms with Crippen LogP contribution in [-0.4, -0.2) is 46.4 Å². The molecule has 0 aliphatic rings. The van der Waals surface area contributed by atoms with E-state index >= 15 is 0 Å². The highest BCUT2D eigenvalue weighted by Gasteiger charge is 2.16. The summed E-state index contributed by atoms with van der Waals surface area (Å²) in [7, 11) is 0. The Labute approximate surface area is 234 Å². The van der Waals surface area contributed by atoms with Gasteiger partial charge in [-0.1, -0.05) is 30.9 Å². The second-order valence-corrected chi connectivity index (χ2v) is 9.97. The summed E-state index contributed by atoms with van der Waals surface area (Å²) in [5, 5.41) is 8.88. The predicted octanol–water partition coefficient (Wildman–Crippen LogP) is 4.18. The molecule has 3 aromatic rings. The van der Waals surface area contributed by atoms with Gasteiger partial charge in [-0.3, -0.25) is 9.59 Å². The summed E-state index contributed by atoms with van der Waals surface area (Å²) in [6.45, 7) is 7.94. The molecule has 5 N–H and O–H groups in total. The van der Waals surface area contributed by atoms with Gasteiger partial charge in [0.05, 0.1) is 18.3 Å². The molecule has 0 radical (unpaired) electrons. The zero-order chi connectivity index (χ0) is 29.1. The van der Waals surface area contributed by atoms with Crippen molar-refractivity contribution in [3.8, 4) is 11.8 Å². The van der Waals surface area contributed by atoms with Crippen LogP contribution < -0.4 is 21.7 Å². The third kappa shape index (κ3) is 9.76. The van der Waals surface area contributed by atoms with Crippen molar-refractivity contribution in [2.75, 3.05) is 23.7 Å². The lowest BCUT2D eigenvalue weighted by atomic mass is 10.1. The number of Topliss-reactive ketones (excluding diaryl/α,β-unsaturated/α-hetero) is 1. The van der Waals surface area contributed by atoms with Crippen molar-refractivity contribution < 1.29 is 19.1 Å². The van der Waals surface area contributed by atoms with Crippen LogP contribution in [0.3, 0.4) is 0 Å². The summed E-state index contributed by atoms with van der Waals surface area (Å²) in [5.41, 5.74) is 8.02. The number of primary amides is 1. The van der Waals surface area contributed by atoms with Gasteiger partial charge >= 0.3 is 6.09 Å². The smallest absolute Gasteiger partial charge is 0.408 e. The molecule has 10 heteroatoms. The zero-order valence-corrected chi connectivity index (χ0v) is 23.1. The van der Waals surface area contributed by atoms with Crippen molar-refractivity contribution >= 4 is 35.2 Å². The van der Waals surface area contributed by atoms with Crippen molar-refractivity contribution in [1.29, 1.82) is 0 Å². The minimum atomic E-state index is -0.622. The average molecular weight is 543 g/mol. The molecule has 208 valence electrons. The van der Waals surface area contributed by atoms with Crippen LogP contribution in [0.4, 0.5) is 22.2 Å². The Morgan fingerprint density at radius 1 is 1.00 bits per heavy atom. The highest BCUT2D eigenvalue weighted by Crippen LogP contribution is 2.18. The van der Waals surface area contributed by atoms with Crippen molar-refractivity contribution in [3.05, 3.63) is 77.0 Å². The third-order valence-electron chi connectivity index (χ3n) is 5.28. The van der Waals surface area contributed by atoms with Gasteiger partial charge in [0.1, 0.15) is 11.4 Å². The molecule has 0 spiro atoms. The Bertz CT molecular complexity index is 1400. The molecule has 2 aromatic carbocycles. The lowest BCUT2D eigenvalue weighted by Gasteiger charge is -2.19. The van der Waals surface area contributed by atoms with Crippen molar-refractivity contribution in [3.63, 3.8) is 0 Å². The first kappa shape index (κ1) is 29.6. The molecule has 3 rings (SSSR count). The molecule has 0 aliphatic heterocycles. The molecule has 0 saturated carbocycles. The summed E-state index contributed by atoms with van der Waals surface area (Å²) in [6.07, 6.45) is 2.11. The quantitative estimate of drug-likeness (QED) is 0.279. The standard InChI is InChI=1S/C30H34N6O4/c1-5-16-32-27-23(18-33-28(36-27)35-24-14-12-22(13-15-24)26(31)38)11-10-20-6-8-21(9-7-20)17-25(37)19-34-29(39)40-30(2,3)4/h6-9,12-15,18H,5,16-17,19H2,1-4H3,(H2,31,38)(H,34,39)(H2,32,33,35,36). The SMILES string of the molecule is CCCNc1nc(Nc2ccc(C(N)=O)cc2)ncc1C#Cc1ccc(CC(=O)CNC(=O)OC(C)(C)C)cc1. The molecular weight excluding hydrogens is 508 g/mol. The van der Waals surface area contributed by atoms with Crippen molar-refractivity contribution in [2.24, 2.45) is 5.73 Å². The van der Waals surface area contributed by atoms with E-state index in [1.165, 1.54) is 0 Å². The molecule has 1 heterocycles. The molecule has 1 aromatic heterocycles. The molecule has 2 amide bonds. The monoisotopic (exact) mass is 542 g/mol. The lowest BCUT2D eigenvalue weighted by Crippen LogP contribution is -2.35. The lowest BCUT2D eigenvalue weighted by molar-refractivity contribution is -0.117. The van der Waals surface area contributed by atoms with Crippen molar-refractivity contribution in [1.82, 2.24) is 15.3 Å². The second kappa shape index (κ2) is 13.8. The molecule has 0 bridgehead atoms. The number of alkyl carbamates (subject to hydrolysis) is 1. The van der Waals surface area contributed by atoms with Crippen LogP contribution in [0.15, 0.2) is 54.7 Å². The number of ketones is 1. The van der Waals surface area contributed by atoms with Gasteiger partial charge in [-0.05, 0) is 69.2 Å². The van der Waals surface area contributed by atoms with E-state index < -0.39 is 17.6 Å². The van der Waals surface area contributed by atoms with Crippen LogP contribution in [0.1, 0.15) is 61.2 Å². The number of hydrogen-bond acceptors (Lipinski definition) is 8. The fourth-order valence-corrected chi connectivity index (χ4v) is 3.38. The van der Waals surface area contributed by atoms with Crippen molar-refractivity contribution in [2.45, 2.75) is 46.1 Å². The summed E-state index contributed by atoms with van der Waals surface area (Å²) in [4.78, 5) is 44.2. The number of hydrogen-bond donors (Lipinski definition) is 4. The first-order valence-electron chi connectivity index (χ1n) is 12.9. The fourth-order valence-electron chi connectivity index (χ4n) is 3.38. The molecule has 40 heavy (non-hydrogen) atoms. The summed E-state index contributed by atoms with van der Waals surface area (Å²) in [5.74, 6) is 6.58. The Hall–Kier alpha value is -4.91. The Balaban J connectivity index is 1.64. The van der Waals surface area contributed by atoms with Gasteiger partial charge in [-0.15, -0.1) is 0 Å². The highest BCUT2D eigenvalue weighted by molar-refractivity contribution is 5.93. The van der Waals surface area contributed by atoms with Gasteiger partial charge in [0, 0.05) is 29.8 Å². The molecule has 0 saturated heterocycles. The largest absolute Gasteiger partial charge is 0.444 e. The maximum Gasteiger partial charge on any atom is 0.408 e. The minimum absolute atomic E-state index is 0.104. The summed E-state index contributed by atoms with van der Waals surface area (Å²) < 4.78 is 5.14. The Morgan fingerprint density at radius 2 is 1.70 bits per heavy atom. The van der Waals surface area contributed by atoms with Crippen LogP contribution in [0.2, 0.25) is 0 Å². The molecule has 0 atom stereocenters. The van der Waals surface area contributed by atoms with Crippen LogP contribution in [-0.2, 0) is 16.0 Å². The Morgan fingerprint density at radius 3 is 2.33 bits per heavy atom. The maximum atomic E-state index is 12.2. The first-order valence-corrected chi connectivity index (χ1v) is 12.9. The van der Waals surface area contributed by atoms with E-state index in [0.717, 1.165) is 17.5 Å². The number of rotatable bonds is 10. The van der Waals surface area contributed by atoms with Gasteiger partial charge in [0.25, 0.3) is 0 Å². The van der Waals surface area contributed by atoms with E-state index in [0.29, 0.717) is 35.1 Å². The number of nitrogens with zero attached hydrogens (tertiary/aromatic N) is 2. The summed E-state index contributed by atoms with van der Waals surface area (Å²) >= 11 is 0. The number of nitrogens with one attached hydrogen (secondary N) is 3. The normalized spacial score (nSPS) is 10.6. The number of carbonyl (C=O) groups is 3. The van der Waals surface area contributed by atoms with Gasteiger partial charge in [0.15, 0.2) is 5.78 Å². The van der Waals surface area contributed by atoms with Gasteiger partial charge in [-0.25, -0.2) is 9.78 Å². The van der Waals surface area contributed by atoms with Crippen LogP contribution in [0, 0.1) is 11.8 Å². The van der Waals surface area contributed by atoms with Gasteiger partial charge < -0.3 is 26.4 Å². The maximum absolute atomic E-state index is 12.2. The number of anilines is 3. The fraction of sp³-hybridized carbons (Fsp3) is 0.300. The zero-order valence-electron chi connectivity index (χ0n) is 23.1. The number of carbonyl (C=O) groups excluding carboxylic acids is 3. The first-order chi connectivity index (χ1) is 19.0. The molecule has 0 aliphatic carbocycles. The van der Waals surface area contributed by atoms with Crippen LogP contribution in [0.25, 0.3) is 0 Å². The summed E-state index contributed by atoms with van der Waals surface area (Å²) in [6, 6.07) is 14.0. The highest BCUT2D eigenvalue weighted by atomic mass is 16.6. The minimum Gasteiger partial charge on any atom is -0.444 e. The van der Waals surface area contributed by atoms with E-state index in [9.17, 15) is 14.4 Å². The molecule has 0 unspecified atom stereocenters. The molecular formula is C30H34N6O4. The topological polar surface area (TPSA) is 148 Å². The van der Waals surface area contributed by atoms with Gasteiger partial charge in [-0.2, -0.15) is 4.98 Å². The number of nitrogens with two attached hydrogens (primary N) is 1. The Kier molecular flexibility index (Phi) is 10.2. The number of aromatic nitrogens is 2. The molecule has 10 nitrogen and oxygen atoms in total. The molecule has 0 fully saturated rings. The second-order valence-electron chi connectivity index (χ2n) is 9.97. The van der Waals surface area contributed by atoms with E-state index in [2.05, 4.69) is 44.7 Å². The van der Waals surface area contributed by atoms with E-state index in [-0.39, 0.29) is 18.7 Å². The van der Waals surface area contributed by atoms with Crippen LogP contribution in [0.5, 0.6) is 0 Å². The number of amides is 2. The predicted molar refractivity (Wildman–Crippen MR) is 154 cm³/mol. The van der Waals surface area contributed by atoms with E-state index in [4.69, 9.17) is 10.5 Å². The van der Waals surface area contributed by atoms with E-state index in [1.54, 1.807) is 51.2 Å². The van der Waals surface area contributed by atoms with Crippen LogP contribution >= 0.6 is 0 Å².